The van der Waals surface area contributed by atoms with E-state index in [1.54, 1.807) is 0 Å². The van der Waals surface area contributed by atoms with Crippen molar-refractivity contribution in [2.75, 3.05) is 0 Å². The molecular formula is C13H11BrZn. The van der Waals surface area contributed by atoms with E-state index in [9.17, 15) is 0 Å². The third-order valence-electron chi connectivity index (χ3n) is 2.09. The van der Waals surface area contributed by atoms with Gasteiger partial charge in [0, 0.05) is 0 Å². The first-order chi connectivity index (χ1) is 7.36. The molecule has 0 spiro atoms. The van der Waals surface area contributed by atoms with Crippen LogP contribution in [0.2, 0.25) is 0 Å². The number of benzene rings is 2. The van der Waals surface area contributed by atoms with Crippen molar-refractivity contribution in [1.82, 2.24) is 0 Å². The van der Waals surface area contributed by atoms with Gasteiger partial charge in [0.1, 0.15) is 0 Å². The van der Waals surface area contributed by atoms with Gasteiger partial charge in [-0.15, -0.1) is 5.56 Å². The van der Waals surface area contributed by atoms with E-state index in [2.05, 4.69) is 56.9 Å². The molecule has 2 heteroatoms. The standard InChI is InChI=1S/C13H11.BrH.Zn/c1-11-7-9-13(10-8-11)12-5-3-2-4-6-12;;/h2-3,5-10H,1H3;1H;/q-1;;+2/p-1. The van der Waals surface area contributed by atoms with Gasteiger partial charge in [-0.25, -0.2) is 0 Å². The van der Waals surface area contributed by atoms with Crippen LogP contribution in [0, 0.1) is 13.0 Å². The molecule has 0 bridgehead atoms. The summed E-state index contributed by atoms with van der Waals surface area (Å²) in [5.74, 6) is 0. The van der Waals surface area contributed by atoms with E-state index >= 15 is 0 Å². The summed E-state index contributed by atoms with van der Waals surface area (Å²) in [4.78, 5) is 0. The zero-order valence-electron chi connectivity index (χ0n) is 8.70. The number of hydrogen-bond donors (Lipinski definition) is 0. The molecule has 2 aromatic carbocycles. The average molecular weight is 313 g/mol. The van der Waals surface area contributed by atoms with Crippen LogP contribution in [0.5, 0.6) is 0 Å². The SMILES string of the molecule is Cc1ccc(-c2c[c-]ccc2)cc1.[Zn+][Br]. The number of hydrogen-bond acceptors (Lipinski definition) is 0. The number of halogens is 1. The molecule has 0 aliphatic heterocycles. The van der Waals surface area contributed by atoms with Gasteiger partial charge in [0.05, 0.1) is 0 Å². The van der Waals surface area contributed by atoms with Crippen molar-refractivity contribution in [3.8, 4) is 11.1 Å². The number of aryl methyl sites for hydroxylation is 1. The molecule has 0 radical (unpaired) electrons. The van der Waals surface area contributed by atoms with E-state index < -0.39 is 0 Å². The van der Waals surface area contributed by atoms with Gasteiger partial charge in [0.15, 0.2) is 0 Å². The molecule has 0 nitrogen and oxygen atoms in total. The molecular weight excluding hydrogens is 301 g/mol. The molecule has 0 aliphatic carbocycles. The molecule has 2 aromatic rings. The van der Waals surface area contributed by atoms with Gasteiger partial charge in [0.25, 0.3) is 0 Å². The van der Waals surface area contributed by atoms with E-state index in [0.717, 1.165) is 0 Å². The fourth-order valence-corrected chi connectivity index (χ4v) is 1.32. The summed E-state index contributed by atoms with van der Waals surface area (Å²) in [6.45, 7) is 2.10. The molecule has 0 saturated carbocycles. The van der Waals surface area contributed by atoms with Crippen molar-refractivity contribution < 1.29 is 16.3 Å². The Morgan fingerprint density at radius 2 is 1.67 bits per heavy atom. The molecule has 0 atom stereocenters. The van der Waals surface area contributed by atoms with Crippen LogP contribution in [0.3, 0.4) is 0 Å². The predicted molar refractivity (Wildman–Crippen MR) is 64.4 cm³/mol. The van der Waals surface area contributed by atoms with Crippen LogP contribution in [-0.2, 0) is 16.3 Å². The number of rotatable bonds is 1. The molecule has 0 fully saturated rings. The van der Waals surface area contributed by atoms with Gasteiger partial charge in [-0.3, -0.25) is 0 Å². The minimum atomic E-state index is 1.19. The van der Waals surface area contributed by atoms with Crippen LogP contribution in [0.1, 0.15) is 5.56 Å². The normalized spacial score (nSPS) is 9.07. The molecule has 2 rings (SSSR count). The van der Waals surface area contributed by atoms with Gasteiger partial charge >= 0.3 is 30.0 Å². The Labute approximate surface area is 108 Å². The first-order valence-corrected chi connectivity index (χ1v) is 11.6. The van der Waals surface area contributed by atoms with E-state index in [0.29, 0.717) is 0 Å². The zero-order valence-corrected chi connectivity index (χ0v) is 13.3. The topological polar surface area (TPSA) is 0 Å². The van der Waals surface area contributed by atoms with Crippen molar-refractivity contribution in [2.45, 2.75) is 6.92 Å². The quantitative estimate of drug-likeness (QED) is 0.544. The second-order valence-electron chi connectivity index (χ2n) is 3.16. The Hall–Kier alpha value is -0.457. The Kier molecular flexibility index (Phi) is 5.82. The van der Waals surface area contributed by atoms with Crippen LogP contribution in [-0.4, -0.2) is 0 Å². The van der Waals surface area contributed by atoms with Gasteiger partial charge in [-0.1, -0.05) is 35.4 Å². The first kappa shape index (κ1) is 12.6. The summed E-state index contributed by atoms with van der Waals surface area (Å²) in [5, 5.41) is 0. The molecule has 0 unspecified atom stereocenters. The average Bonchev–Trinajstić information content (AvgIpc) is 2.34. The van der Waals surface area contributed by atoms with Crippen LogP contribution in [0.25, 0.3) is 11.1 Å². The summed E-state index contributed by atoms with van der Waals surface area (Å²) in [5.41, 5.74) is 3.77. The second-order valence-corrected chi connectivity index (χ2v) is 3.16. The molecule has 15 heavy (non-hydrogen) atoms. The van der Waals surface area contributed by atoms with Gasteiger partial charge < -0.3 is 0 Å². The van der Waals surface area contributed by atoms with Crippen LogP contribution >= 0.6 is 13.6 Å². The summed E-state index contributed by atoms with van der Waals surface area (Å²) in [7, 11) is 0. The Morgan fingerprint density at radius 3 is 2.20 bits per heavy atom. The summed E-state index contributed by atoms with van der Waals surface area (Å²) >= 11 is 4.25. The second kappa shape index (κ2) is 6.92. The molecule has 0 saturated heterocycles. The van der Waals surface area contributed by atoms with Crippen molar-refractivity contribution in [2.24, 2.45) is 0 Å². The Morgan fingerprint density at radius 1 is 1.00 bits per heavy atom. The fourth-order valence-electron chi connectivity index (χ4n) is 1.32. The van der Waals surface area contributed by atoms with Gasteiger partial charge in [0.2, 0.25) is 0 Å². The molecule has 0 aliphatic rings. The van der Waals surface area contributed by atoms with E-state index in [1.165, 1.54) is 33.0 Å². The van der Waals surface area contributed by atoms with Crippen LogP contribution in [0.4, 0.5) is 0 Å². The zero-order chi connectivity index (χ0) is 11.1. The summed E-state index contributed by atoms with van der Waals surface area (Å²) in [6, 6.07) is 19.6. The molecule has 0 N–H and O–H groups in total. The van der Waals surface area contributed by atoms with Crippen molar-refractivity contribution in [3.63, 3.8) is 0 Å². The third kappa shape index (κ3) is 3.89. The van der Waals surface area contributed by atoms with Crippen molar-refractivity contribution in [1.29, 1.82) is 0 Å². The molecule has 0 heterocycles. The molecule has 0 amide bonds. The van der Waals surface area contributed by atoms with E-state index in [1.807, 2.05) is 18.2 Å². The third-order valence-corrected chi connectivity index (χ3v) is 2.09. The summed E-state index contributed by atoms with van der Waals surface area (Å²) in [6.07, 6.45) is 0. The van der Waals surface area contributed by atoms with Crippen LogP contribution < -0.4 is 0 Å². The molecule has 72 valence electrons. The monoisotopic (exact) mass is 310 g/mol. The van der Waals surface area contributed by atoms with E-state index in [-0.39, 0.29) is 0 Å². The van der Waals surface area contributed by atoms with Crippen molar-refractivity contribution in [3.05, 3.63) is 60.2 Å². The predicted octanol–water partition coefficient (Wildman–Crippen LogP) is 4.31. The molecule has 0 aromatic heterocycles. The van der Waals surface area contributed by atoms with Gasteiger partial charge in [-0.05, 0) is 6.92 Å². The maximum atomic E-state index is 3.07. The summed E-state index contributed by atoms with van der Waals surface area (Å²) < 4.78 is 0. The minimum absolute atomic E-state index is 1.19. The maximum absolute atomic E-state index is 3.07. The Bertz CT molecular complexity index is 381. The first-order valence-electron chi connectivity index (χ1n) is 4.66. The Balaban J connectivity index is 0.000000531. The van der Waals surface area contributed by atoms with Crippen LogP contribution in [0.15, 0.2) is 48.5 Å². The fraction of sp³-hybridized carbons (Fsp3) is 0.0769. The van der Waals surface area contributed by atoms with Crippen molar-refractivity contribution >= 4 is 13.6 Å². The van der Waals surface area contributed by atoms with E-state index in [4.69, 9.17) is 0 Å². The van der Waals surface area contributed by atoms with Gasteiger partial charge in [-0.2, -0.15) is 30.3 Å².